The number of carbonyl (C=O) groups is 1. The molecule has 0 spiro atoms. The number of aromatic nitrogens is 2. The minimum Gasteiger partial charge on any atom is -0.373 e. The summed E-state index contributed by atoms with van der Waals surface area (Å²) in [5.41, 5.74) is 0.589. The summed E-state index contributed by atoms with van der Waals surface area (Å²) >= 11 is 0. The number of imidazole rings is 1. The fourth-order valence-electron chi connectivity index (χ4n) is 3.11. The molecule has 1 amide bonds. The highest BCUT2D eigenvalue weighted by Gasteiger charge is 2.67. The number of fused-ring (bicyclic) bond motifs is 1. The van der Waals surface area contributed by atoms with Gasteiger partial charge in [0.2, 0.25) is 0 Å². The van der Waals surface area contributed by atoms with Crippen LogP contribution in [0.25, 0.3) is 0 Å². The van der Waals surface area contributed by atoms with Crippen molar-refractivity contribution in [1.29, 1.82) is 0 Å². The number of aryl methyl sites for hydroxylation is 1. The molecule has 0 unspecified atom stereocenters. The van der Waals surface area contributed by atoms with Crippen molar-refractivity contribution in [3.8, 4) is 0 Å². The van der Waals surface area contributed by atoms with E-state index in [0.29, 0.717) is 18.2 Å². The van der Waals surface area contributed by atoms with Crippen LogP contribution < -0.4 is 0 Å². The largest absolute Gasteiger partial charge is 0.373 e. The first-order valence-electron chi connectivity index (χ1n) is 5.90. The minimum absolute atomic E-state index is 0.166. The molecule has 1 aromatic rings. The first-order chi connectivity index (χ1) is 7.93. The van der Waals surface area contributed by atoms with Gasteiger partial charge in [-0.15, -0.1) is 0 Å². The van der Waals surface area contributed by atoms with Crippen LogP contribution in [0.15, 0.2) is 12.5 Å². The number of carbonyl (C=O) groups excluding carboxylic acids is 1. The maximum Gasteiger partial charge on any atom is 0.276 e. The summed E-state index contributed by atoms with van der Waals surface area (Å²) < 4.78 is 1.74. The van der Waals surface area contributed by atoms with E-state index in [0.717, 1.165) is 0 Å². The molecule has 1 saturated heterocycles. The Morgan fingerprint density at radius 2 is 2.29 bits per heavy atom. The number of amides is 1. The molecule has 2 aliphatic rings. The summed E-state index contributed by atoms with van der Waals surface area (Å²) in [6.07, 6.45) is 2.63. The van der Waals surface area contributed by atoms with Crippen LogP contribution in [0.1, 0.15) is 24.3 Å². The molecule has 2 fully saturated rings. The first-order valence-corrected chi connectivity index (χ1v) is 5.90. The first kappa shape index (κ1) is 10.8. The second kappa shape index (κ2) is 3.10. The van der Waals surface area contributed by atoms with Gasteiger partial charge in [0.25, 0.3) is 5.91 Å². The number of nitrogens with zero attached hydrogens (tertiary/aromatic N) is 3. The maximum atomic E-state index is 12.1. The molecule has 1 saturated carbocycles. The molecule has 17 heavy (non-hydrogen) atoms. The van der Waals surface area contributed by atoms with Crippen LogP contribution in [-0.2, 0) is 7.05 Å². The molecular formula is C12H17N3O2. The van der Waals surface area contributed by atoms with Crippen LogP contribution in [0.2, 0.25) is 0 Å². The van der Waals surface area contributed by atoms with E-state index >= 15 is 0 Å². The molecule has 3 atom stereocenters. The third-order valence-corrected chi connectivity index (χ3v) is 4.36. The van der Waals surface area contributed by atoms with Crippen LogP contribution in [0.3, 0.4) is 0 Å². The summed E-state index contributed by atoms with van der Waals surface area (Å²) in [6.45, 7) is 4.94. The normalized spacial score (nSPS) is 33.6. The zero-order valence-electron chi connectivity index (χ0n) is 10.3. The molecule has 1 aliphatic heterocycles. The maximum absolute atomic E-state index is 12.1. The summed E-state index contributed by atoms with van der Waals surface area (Å²) in [6, 6.07) is 0. The molecule has 2 heterocycles. The number of hydrogen-bond donors (Lipinski definition) is 1. The molecule has 0 bridgehead atoms. The van der Waals surface area contributed by atoms with E-state index in [4.69, 9.17) is 0 Å². The van der Waals surface area contributed by atoms with Gasteiger partial charge in [0.15, 0.2) is 0 Å². The number of hydrogen-bond acceptors (Lipinski definition) is 3. The Balaban J connectivity index is 1.78. The van der Waals surface area contributed by atoms with Gasteiger partial charge in [0.05, 0.1) is 6.33 Å². The third kappa shape index (κ3) is 1.35. The van der Waals surface area contributed by atoms with Crippen LogP contribution in [0, 0.1) is 17.3 Å². The smallest absolute Gasteiger partial charge is 0.276 e. The van der Waals surface area contributed by atoms with Crippen molar-refractivity contribution >= 4 is 5.91 Å². The van der Waals surface area contributed by atoms with E-state index in [1.165, 1.54) is 0 Å². The summed E-state index contributed by atoms with van der Waals surface area (Å²) in [7, 11) is 1.82. The third-order valence-electron chi connectivity index (χ3n) is 4.36. The predicted octanol–water partition coefficient (Wildman–Crippen LogP) is 0.466. The number of likely N-dealkylation sites (tertiary alicyclic amines) is 1. The molecule has 5 heteroatoms. The second-order valence-corrected chi connectivity index (χ2v) is 5.75. The van der Waals surface area contributed by atoms with Crippen LogP contribution in [0.5, 0.6) is 0 Å². The Kier molecular flexibility index (Phi) is 1.96. The lowest BCUT2D eigenvalue weighted by Crippen LogP contribution is -2.40. The van der Waals surface area contributed by atoms with Crippen molar-refractivity contribution < 1.29 is 9.90 Å². The van der Waals surface area contributed by atoms with Crippen LogP contribution >= 0.6 is 0 Å². The van der Waals surface area contributed by atoms with Crippen molar-refractivity contribution in [3.05, 3.63) is 18.2 Å². The van der Waals surface area contributed by atoms with Gasteiger partial charge in [-0.05, 0) is 11.3 Å². The van der Waals surface area contributed by atoms with E-state index in [1.54, 1.807) is 22.0 Å². The molecule has 5 nitrogen and oxygen atoms in total. The quantitative estimate of drug-likeness (QED) is 0.769. The molecule has 1 N–H and O–H groups in total. The van der Waals surface area contributed by atoms with E-state index < -0.39 is 6.23 Å². The number of aliphatic hydroxyl groups excluding tert-OH is 1. The van der Waals surface area contributed by atoms with E-state index in [-0.39, 0.29) is 17.2 Å². The Bertz CT molecular complexity index is 480. The van der Waals surface area contributed by atoms with Gasteiger partial charge in [-0.1, -0.05) is 13.8 Å². The van der Waals surface area contributed by atoms with Crippen molar-refractivity contribution in [2.75, 3.05) is 6.54 Å². The monoisotopic (exact) mass is 235 g/mol. The van der Waals surface area contributed by atoms with Crippen molar-refractivity contribution in [1.82, 2.24) is 14.5 Å². The fraction of sp³-hybridized carbons (Fsp3) is 0.667. The molecule has 1 aromatic heterocycles. The lowest BCUT2D eigenvalue weighted by molar-refractivity contribution is 0.00345. The van der Waals surface area contributed by atoms with Gasteiger partial charge in [-0.2, -0.15) is 0 Å². The molecule has 0 radical (unpaired) electrons. The highest BCUT2D eigenvalue weighted by Crippen LogP contribution is 2.64. The highest BCUT2D eigenvalue weighted by molar-refractivity contribution is 5.92. The van der Waals surface area contributed by atoms with Crippen molar-refractivity contribution in [3.63, 3.8) is 0 Å². The van der Waals surface area contributed by atoms with Gasteiger partial charge in [0, 0.05) is 25.7 Å². The molecular weight excluding hydrogens is 218 g/mol. The SMILES string of the molecule is Cn1cnc(C(=O)N2C[C@H]3[C@@H]([C@H]2O)C3(C)C)c1. The average Bonchev–Trinajstić information content (AvgIpc) is 2.64. The highest BCUT2D eigenvalue weighted by atomic mass is 16.3. The van der Waals surface area contributed by atoms with E-state index in [1.807, 2.05) is 7.05 Å². The number of rotatable bonds is 1. The Morgan fingerprint density at radius 1 is 1.59 bits per heavy atom. The van der Waals surface area contributed by atoms with Gasteiger partial charge < -0.3 is 14.6 Å². The van der Waals surface area contributed by atoms with Gasteiger partial charge in [-0.3, -0.25) is 4.79 Å². The lowest BCUT2D eigenvalue weighted by atomic mass is 10.1. The Hall–Kier alpha value is -1.36. The molecule has 92 valence electrons. The van der Waals surface area contributed by atoms with Crippen LogP contribution in [0.4, 0.5) is 0 Å². The summed E-state index contributed by atoms with van der Waals surface area (Å²) in [4.78, 5) is 17.7. The summed E-state index contributed by atoms with van der Waals surface area (Å²) in [5.74, 6) is 0.501. The lowest BCUT2D eigenvalue weighted by Gasteiger charge is -2.26. The zero-order chi connectivity index (χ0) is 12.4. The van der Waals surface area contributed by atoms with Gasteiger partial charge >= 0.3 is 0 Å². The van der Waals surface area contributed by atoms with E-state index in [2.05, 4.69) is 18.8 Å². The van der Waals surface area contributed by atoms with Crippen LogP contribution in [-0.4, -0.2) is 38.2 Å². The van der Waals surface area contributed by atoms with Crippen molar-refractivity contribution in [2.45, 2.75) is 20.1 Å². The van der Waals surface area contributed by atoms with Crippen molar-refractivity contribution in [2.24, 2.45) is 24.3 Å². The number of piperidine rings is 1. The van der Waals surface area contributed by atoms with Gasteiger partial charge in [-0.25, -0.2) is 4.98 Å². The topological polar surface area (TPSA) is 58.4 Å². The molecule has 0 aromatic carbocycles. The second-order valence-electron chi connectivity index (χ2n) is 5.75. The van der Waals surface area contributed by atoms with E-state index in [9.17, 15) is 9.90 Å². The standard InChI is InChI=1S/C12H17N3O2/c1-12(2)7-4-15(11(17)9(7)12)10(16)8-5-14(3)6-13-8/h5-7,9,11,17H,4H2,1-3H3/t7-,9-,11+/m0/s1. The predicted molar refractivity (Wildman–Crippen MR) is 61.0 cm³/mol. The van der Waals surface area contributed by atoms with Gasteiger partial charge in [0.1, 0.15) is 11.9 Å². The zero-order valence-corrected chi connectivity index (χ0v) is 10.3. The Morgan fingerprint density at radius 3 is 2.76 bits per heavy atom. The Labute approximate surface area is 100 Å². The number of aliphatic hydroxyl groups is 1. The average molecular weight is 235 g/mol. The minimum atomic E-state index is -0.649. The molecule has 1 aliphatic carbocycles. The molecule has 3 rings (SSSR count). The summed E-state index contributed by atoms with van der Waals surface area (Å²) in [5, 5.41) is 10.1. The fourth-order valence-corrected chi connectivity index (χ4v) is 3.11.